The maximum Gasteiger partial charge on any atom is 0.323 e. The Bertz CT molecular complexity index is 904. The number of carbonyl (C=O) groups excluding carboxylic acids is 2. The normalized spacial score (nSPS) is 16.6. The number of hydrogen-bond donors (Lipinski definition) is 2. The zero-order chi connectivity index (χ0) is 20.9. The molecule has 0 spiro atoms. The monoisotopic (exact) mass is 407 g/mol. The maximum absolute atomic E-state index is 12.8. The second-order valence-electron chi connectivity index (χ2n) is 8.21. The first-order chi connectivity index (χ1) is 14.6. The van der Waals surface area contributed by atoms with Crippen molar-refractivity contribution in [2.75, 3.05) is 30.4 Å². The fourth-order valence-corrected chi connectivity index (χ4v) is 4.19. The third-order valence-corrected chi connectivity index (χ3v) is 5.98. The van der Waals surface area contributed by atoms with Gasteiger partial charge in [0.2, 0.25) is 5.91 Å². The molecule has 6 heteroatoms. The average Bonchev–Trinajstić information content (AvgIpc) is 2.76. The summed E-state index contributed by atoms with van der Waals surface area (Å²) in [6, 6.07) is 13.4. The summed E-state index contributed by atoms with van der Waals surface area (Å²) in [5.74, 6) is 0.661. The number of benzene rings is 2. The first kappa shape index (κ1) is 20.4. The SMILES string of the molecule is Cc1ccc(NC(=O)Nc2cccc3c2CCN(C(=O)CC2CCOCC2)C3)cc1. The van der Waals surface area contributed by atoms with Crippen molar-refractivity contribution in [3.8, 4) is 0 Å². The third kappa shape index (κ3) is 5.00. The fourth-order valence-electron chi connectivity index (χ4n) is 4.19. The van der Waals surface area contributed by atoms with Crippen molar-refractivity contribution in [1.82, 2.24) is 4.90 Å². The maximum atomic E-state index is 12.8. The van der Waals surface area contributed by atoms with E-state index < -0.39 is 0 Å². The number of nitrogens with zero attached hydrogens (tertiary/aromatic N) is 1. The van der Waals surface area contributed by atoms with Crippen molar-refractivity contribution >= 4 is 23.3 Å². The molecule has 2 aliphatic heterocycles. The van der Waals surface area contributed by atoms with Gasteiger partial charge in [-0.3, -0.25) is 4.79 Å². The Balaban J connectivity index is 1.37. The molecule has 0 radical (unpaired) electrons. The molecule has 1 saturated heterocycles. The van der Waals surface area contributed by atoms with Crippen molar-refractivity contribution in [1.29, 1.82) is 0 Å². The van der Waals surface area contributed by atoms with E-state index in [9.17, 15) is 9.59 Å². The van der Waals surface area contributed by atoms with Gasteiger partial charge >= 0.3 is 6.03 Å². The lowest BCUT2D eigenvalue weighted by molar-refractivity contribution is -0.133. The van der Waals surface area contributed by atoms with Crippen LogP contribution in [-0.4, -0.2) is 36.6 Å². The molecule has 0 bridgehead atoms. The Morgan fingerprint density at radius 2 is 1.83 bits per heavy atom. The lowest BCUT2D eigenvalue weighted by Crippen LogP contribution is -2.37. The van der Waals surface area contributed by atoms with Crippen LogP contribution in [0.1, 0.15) is 36.0 Å². The van der Waals surface area contributed by atoms with Crippen molar-refractivity contribution in [3.63, 3.8) is 0 Å². The highest BCUT2D eigenvalue weighted by atomic mass is 16.5. The smallest absolute Gasteiger partial charge is 0.323 e. The van der Waals surface area contributed by atoms with Crippen LogP contribution in [0, 0.1) is 12.8 Å². The molecule has 158 valence electrons. The highest BCUT2D eigenvalue weighted by Crippen LogP contribution is 2.28. The molecule has 0 aliphatic carbocycles. The number of nitrogens with one attached hydrogen (secondary N) is 2. The van der Waals surface area contributed by atoms with Crippen molar-refractivity contribution in [2.45, 2.75) is 39.2 Å². The summed E-state index contributed by atoms with van der Waals surface area (Å²) < 4.78 is 5.40. The Hall–Kier alpha value is -2.86. The van der Waals surface area contributed by atoms with E-state index >= 15 is 0 Å². The topological polar surface area (TPSA) is 70.7 Å². The second kappa shape index (κ2) is 9.30. The number of fused-ring (bicyclic) bond motifs is 1. The minimum atomic E-state index is -0.259. The van der Waals surface area contributed by atoms with Crippen LogP contribution in [0.2, 0.25) is 0 Å². The molecule has 2 heterocycles. The van der Waals surface area contributed by atoms with Crippen molar-refractivity contribution in [2.24, 2.45) is 5.92 Å². The van der Waals surface area contributed by atoms with E-state index in [1.807, 2.05) is 54.3 Å². The van der Waals surface area contributed by atoms with Crippen LogP contribution in [0.5, 0.6) is 0 Å². The molecular formula is C24H29N3O3. The minimum Gasteiger partial charge on any atom is -0.381 e. The van der Waals surface area contributed by atoms with Crippen LogP contribution < -0.4 is 10.6 Å². The molecule has 3 amide bonds. The standard InChI is InChI=1S/C24H29N3O3/c1-17-5-7-20(8-6-17)25-24(29)26-22-4-2-3-19-16-27(12-9-21(19)22)23(28)15-18-10-13-30-14-11-18/h2-8,18H,9-16H2,1H3,(H2,25,26,29). The van der Waals surface area contributed by atoms with Crippen LogP contribution in [0.3, 0.4) is 0 Å². The summed E-state index contributed by atoms with van der Waals surface area (Å²) in [6.07, 6.45) is 3.30. The predicted octanol–water partition coefficient (Wildman–Crippen LogP) is 4.34. The highest BCUT2D eigenvalue weighted by Gasteiger charge is 2.25. The van der Waals surface area contributed by atoms with Gasteiger partial charge in [-0.05, 0) is 61.4 Å². The molecule has 30 heavy (non-hydrogen) atoms. The molecule has 6 nitrogen and oxygen atoms in total. The first-order valence-electron chi connectivity index (χ1n) is 10.7. The number of urea groups is 1. The quantitative estimate of drug-likeness (QED) is 0.792. The van der Waals surface area contributed by atoms with Gasteiger partial charge in [0, 0.05) is 44.1 Å². The van der Waals surface area contributed by atoms with Gasteiger partial charge in [-0.25, -0.2) is 4.79 Å². The first-order valence-corrected chi connectivity index (χ1v) is 10.7. The van der Waals surface area contributed by atoms with Gasteiger partial charge in [-0.2, -0.15) is 0 Å². The number of ether oxygens (including phenoxy) is 1. The number of anilines is 2. The number of rotatable bonds is 4. The predicted molar refractivity (Wildman–Crippen MR) is 118 cm³/mol. The van der Waals surface area contributed by atoms with Gasteiger partial charge in [0.05, 0.1) is 0 Å². The third-order valence-electron chi connectivity index (χ3n) is 5.98. The summed E-state index contributed by atoms with van der Waals surface area (Å²) in [4.78, 5) is 27.2. The van der Waals surface area contributed by atoms with Gasteiger partial charge in [0.1, 0.15) is 0 Å². The fraction of sp³-hybridized carbons (Fsp3) is 0.417. The summed E-state index contributed by atoms with van der Waals surface area (Å²) in [5.41, 5.74) is 4.94. The Kier molecular flexibility index (Phi) is 6.33. The van der Waals surface area contributed by atoms with Crippen LogP contribution >= 0.6 is 0 Å². The Morgan fingerprint density at radius 1 is 1.07 bits per heavy atom. The summed E-state index contributed by atoms with van der Waals surface area (Å²) in [6.45, 7) is 4.83. The Labute approximate surface area is 177 Å². The van der Waals surface area contributed by atoms with Gasteiger partial charge in [-0.1, -0.05) is 29.8 Å². The van der Waals surface area contributed by atoms with Gasteiger partial charge < -0.3 is 20.3 Å². The molecule has 1 fully saturated rings. The zero-order valence-corrected chi connectivity index (χ0v) is 17.4. The van der Waals surface area contributed by atoms with Gasteiger partial charge in [-0.15, -0.1) is 0 Å². The molecule has 2 aromatic rings. The molecule has 4 rings (SSSR count). The highest BCUT2D eigenvalue weighted by molar-refractivity contribution is 6.00. The second-order valence-corrected chi connectivity index (χ2v) is 8.21. The van der Waals surface area contributed by atoms with Crippen LogP contribution in [0.4, 0.5) is 16.2 Å². The molecule has 2 aliphatic rings. The lowest BCUT2D eigenvalue weighted by atomic mass is 9.94. The van der Waals surface area contributed by atoms with E-state index in [1.54, 1.807) is 0 Å². The average molecular weight is 408 g/mol. The van der Waals surface area contributed by atoms with Gasteiger partial charge in [0.25, 0.3) is 0 Å². The number of carbonyl (C=O) groups is 2. The Morgan fingerprint density at radius 3 is 2.60 bits per heavy atom. The van der Waals surface area contributed by atoms with Crippen LogP contribution in [-0.2, 0) is 22.5 Å². The minimum absolute atomic E-state index is 0.225. The summed E-state index contributed by atoms with van der Waals surface area (Å²) in [5, 5.41) is 5.85. The molecular weight excluding hydrogens is 378 g/mol. The van der Waals surface area contributed by atoms with E-state index in [4.69, 9.17) is 4.74 Å². The van der Waals surface area contributed by atoms with E-state index in [2.05, 4.69) is 10.6 Å². The summed E-state index contributed by atoms with van der Waals surface area (Å²) >= 11 is 0. The molecule has 0 atom stereocenters. The zero-order valence-electron chi connectivity index (χ0n) is 17.4. The van der Waals surface area contributed by atoms with E-state index in [0.29, 0.717) is 25.4 Å². The van der Waals surface area contributed by atoms with Crippen molar-refractivity contribution < 1.29 is 14.3 Å². The van der Waals surface area contributed by atoms with Gasteiger partial charge in [0.15, 0.2) is 0 Å². The largest absolute Gasteiger partial charge is 0.381 e. The number of hydrogen-bond acceptors (Lipinski definition) is 3. The molecule has 2 N–H and O–H groups in total. The molecule has 0 unspecified atom stereocenters. The molecule has 0 aromatic heterocycles. The van der Waals surface area contributed by atoms with Crippen LogP contribution in [0.25, 0.3) is 0 Å². The number of aryl methyl sites for hydroxylation is 1. The lowest BCUT2D eigenvalue weighted by Gasteiger charge is -2.32. The summed E-state index contributed by atoms with van der Waals surface area (Å²) in [7, 11) is 0. The van der Waals surface area contributed by atoms with Crippen LogP contribution in [0.15, 0.2) is 42.5 Å². The van der Waals surface area contributed by atoms with Crippen molar-refractivity contribution in [3.05, 3.63) is 59.2 Å². The van der Waals surface area contributed by atoms with E-state index in [-0.39, 0.29) is 11.9 Å². The van der Waals surface area contributed by atoms with E-state index in [0.717, 1.165) is 60.5 Å². The molecule has 2 aromatic carbocycles. The molecule has 0 saturated carbocycles. The number of amides is 3. The van der Waals surface area contributed by atoms with E-state index in [1.165, 1.54) is 0 Å².